The van der Waals surface area contributed by atoms with Gasteiger partial charge in [-0.05, 0) is 42.0 Å². The smallest absolute Gasteiger partial charge is 0.295 e. The van der Waals surface area contributed by atoms with Gasteiger partial charge in [-0.3, -0.25) is 14.9 Å². The molecule has 10 heteroatoms. The molecule has 0 aliphatic heterocycles. The largest absolute Gasteiger partial charge is 0.489 e. The van der Waals surface area contributed by atoms with Crippen molar-refractivity contribution in [3.05, 3.63) is 106 Å². The minimum Gasteiger partial charge on any atom is -0.489 e. The number of halogens is 1. The van der Waals surface area contributed by atoms with Crippen LogP contribution in [0.2, 0.25) is 0 Å². The van der Waals surface area contributed by atoms with E-state index >= 15 is 0 Å². The molecule has 0 aliphatic rings. The van der Waals surface area contributed by atoms with Gasteiger partial charge in [0.15, 0.2) is 0 Å². The highest BCUT2D eigenvalue weighted by atomic mass is 19.1. The Morgan fingerprint density at radius 3 is 2.72 bits per heavy atom. The first-order valence-corrected chi connectivity index (χ1v) is 9.42. The van der Waals surface area contributed by atoms with E-state index in [0.717, 1.165) is 0 Å². The summed E-state index contributed by atoms with van der Waals surface area (Å²) in [6.07, 6.45) is 2.59. The topological polar surface area (TPSA) is 112 Å². The quantitative estimate of drug-likeness (QED) is 0.346. The number of ether oxygens (including phenoxy) is 1. The van der Waals surface area contributed by atoms with Crippen LogP contribution in [0.5, 0.6) is 5.75 Å². The summed E-state index contributed by atoms with van der Waals surface area (Å²) in [5, 5.41) is 18.1. The van der Waals surface area contributed by atoms with Crippen LogP contribution in [-0.2, 0) is 6.61 Å². The molecule has 0 unspecified atom stereocenters. The second-order valence-electron chi connectivity index (χ2n) is 6.70. The molecule has 0 radical (unpaired) electrons. The fraction of sp³-hybridized carbons (Fsp3) is 0.0455. The highest BCUT2D eigenvalue weighted by Crippen LogP contribution is 2.25. The molecule has 1 N–H and O–H groups in total. The fourth-order valence-electron chi connectivity index (χ4n) is 3.00. The number of rotatable bonds is 7. The number of benzene rings is 3. The van der Waals surface area contributed by atoms with E-state index in [-0.39, 0.29) is 29.4 Å². The molecular weight excluding hydrogens is 417 g/mol. The van der Waals surface area contributed by atoms with E-state index < -0.39 is 10.8 Å². The first-order chi connectivity index (χ1) is 15.5. The molecule has 1 aromatic heterocycles. The van der Waals surface area contributed by atoms with E-state index in [1.165, 1.54) is 47.7 Å². The average Bonchev–Trinajstić information content (AvgIpc) is 3.32. The molecule has 160 valence electrons. The lowest BCUT2D eigenvalue weighted by Gasteiger charge is -2.10. The second-order valence-corrected chi connectivity index (χ2v) is 6.70. The van der Waals surface area contributed by atoms with E-state index in [1.54, 1.807) is 36.4 Å². The maximum Gasteiger partial charge on any atom is 0.295 e. The molecule has 9 nitrogen and oxygen atoms in total. The molecule has 0 spiro atoms. The molecule has 0 saturated carbocycles. The highest BCUT2D eigenvalue weighted by molar-refractivity contribution is 6.05. The van der Waals surface area contributed by atoms with Crippen molar-refractivity contribution in [2.75, 3.05) is 5.32 Å². The lowest BCUT2D eigenvalue weighted by Crippen LogP contribution is -2.13. The maximum atomic E-state index is 13.3. The monoisotopic (exact) mass is 433 g/mol. The van der Waals surface area contributed by atoms with E-state index in [1.807, 2.05) is 0 Å². The van der Waals surface area contributed by atoms with Crippen LogP contribution in [0.3, 0.4) is 0 Å². The number of carbonyl (C=O) groups is 1. The van der Waals surface area contributed by atoms with Gasteiger partial charge >= 0.3 is 0 Å². The number of nitrogens with zero attached hydrogens (tertiary/aromatic N) is 4. The van der Waals surface area contributed by atoms with Gasteiger partial charge in [0.2, 0.25) is 0 Å². The SMILES string of the molecule is O=C(Nc1cccc(OCc2cccc(F)c2)c1)c1ccc(-n2cncn2)c([N+](=O)[O-])c1. The molecule has 0 aliphatic carbocycles. The molecule has 4 aromatic rings. The Bertz CT molecular complexity index is 1280. The Morgan fingerprint density at radius 1 is 1.12 bits per heavy atom. The summed E-state index contributed by atoms with van der Waals surface area (Å²) >= 11 is 0. The molecule has 0 saturated heterocycles. The van der Waals surface area contributed by atoms with Gasteiger partial charge in [-0.25, -0.2) is 14.1 Å². The Hall–Kier alpha value is -4.60. The number of anilines is 1. The van der Waals surface area contributed by atoms with E-state index in [2.05, 4.69) is 15.4 Å². The standard InChI is InChI=1S/C22H16FN5O4/c23-17-4-1-3-15(9-17)12-32-19-6-2-5-18(11-19)26-22(29)16-7-8-20(21(10-16)28(30)31)27-14-24-13-25-27/h1-11,13-14H,12H2,(H,26,29). The summed E-state index contributed by atoms with van der Waals surface area (Å²) in [7, 11) is 0. The van der Waals surface area contributed by atoms with Crippen molar-refractivity contribution >= 4 is 17.3 Å². The first kappa shape index (κ1) is 20.7. The molecule has 0 fully saturated rings. The molecular formula is C22H16FN5O4. The number of aromatic nitrogens is 3. The van der Waals surface area contributed by atoms with Gasteiger partial charge in [0.05, 0.1) is 4.92 Å². The zero-order chi connectivity index (χ0) is 22.5. The molecule has 32 heavy (non-hydrogen) atoms. The van der Waals surface area contributed by atoms with Crippen molar-refractivity contribution < 1.29 is 18.8 Å². The van der Waals surface area contributed by atoms with Gasteiger partial charge in [0.1, 0.15) is 36.5 Å². The third-order valence-corrected chi connectivity index (χ3v) is 4.49. The molecule has 4 rings (SSSR count). The molecule has 0 atom stereocenters. The third-order valence-electron chi connectivity index (χ3n) is 4.49. The van der Waals surface area contributed by atoms with Gasteiger partial charge in [-0.2, -0.15) is 5.10 Å². The van der Waals surface area contributed by atoms with E-state index in [0.29, 0.717) is 17.0 Å². The van der Waals surface area contributed by atoms with Crippen LogP contribution >= 0.6 is 0 Å². The van der Waals surface area contributed by atoms with Crippen molar-refractivity contribution in [1.29, 1.82) is 0 Å². The van der Waals surface area contributed by atoms with Crippen LogP contribution in [-0.4, -0.2) is 25.6 Å². The highest BCUT2D eigenvalue weighted by Gasteiger charge is 2.19. The van der Waals surface area contributed by atoms with Crippen LogP contribution in [0.4, 0.5) is 15.8 Å². The predicted octanol–water partition coefficient (Wildman–Crippen LogP) is 4.15. The second kappa shape index (κ2) is 9.04. The summed E-state index contributed by atoms with van der Waals surface area (Å²) in [5.74, 6) is -0.406. The lowest BCUT2D eigenvalue weighted by atomic mass is 10.1. The number of carbonyl (C=O) groups excluding carboxylic acids is 1. The number of nitrogens with one attached hydrogen (secondary N) is 1. The fourth-order valence-corrected chi connectivity index (χ4v) is 3.00. The zero-order valence-electron chi connectivity index (χ0n) is 16.5. The minimum absolute atomic E-state index is 0.103. The number of hydrogen-bond acceptors (Lipinski definition) is 6. The molecule has 3 aromatic carbocycles. The van der Waals surface area contributed by atoms with Crippen LogP contribution in [0.15, 0.2) is 79.4 Å². The van der Waals surface area contributed by atoms with E-state index in [4.69, 9.17) is 4.74 Å². The van der Waals surface area contributed by atoms with Gasteiger partial charge < -0.3 is 10.1 Å². The number of amides is 1. The summed E-state index contributed by atoms with van der Waals surface area (Å²) < 4.78 is 20.2. The molecule has 1 heterocycles. The Kier molecular flexibility index (Phi) is 5.84. The van der Waals surface area contributed by atoms with Crippen LogP contribution in [0.1, 0.15) is 15.9 Å². The third kappa shape index (κ3) is 4.75. The Balaban J connectivity index is 1.48. The van der Waals surface area contributed by atoms with Crippen molar-refractivity contribution in [3.63, 3.8) is 0 Å². The van der Waals surface area contributed by atoms with Crippen LogP contribution < -0.4 is 10.1 Å². The van der Waals surface area contributed by atoms with Crippen LogP contribution in [0.25, 0.3) is 5.69 Å². The number of hydrogen-bond donors (Lipinski definition) is 1. The summed E-state index contributed by atoms with van der Waals surface area (Å²) in [6, 6.07) is 16.8. The Labute approximate surface area is 181 Å². The first-order valence-electron chi connectivity index (χ1n) is 9.42. The van der Waals surface area contributed by atoms with Gasteiger partial charge in [-0.15, -0.1) is 0 Å². The summed E-state index contributed by atoms with van der Waals surface area (Å²) in [4.78, 5) is 27.3. The summed E-state index contributed by atoms with van der Waals surface area (Å²) in [6.45, 7) is 0.158. The summed E-state index contributed by atoms with van der Waals surface area (Å²) in [5.41, 5.74) is 1.12. The van der Waals surface area contributed by atoms with E-state index in [9.17, 15) is 19.3 Å². The zero-order valence-corrected chi connectivity index (χ0v) is 16.5. The van der Waals surface area contributed by atoms with Gasteiger partial charge in [0.25, 0.3) is 11.6 Å². The van der Waals surface area contributed by atoms with Crippen molar-refractivity contribution in [2.45, 2.75) is 6.61 Å². The van der Waals surface area contributed by atoms with Crippen molar-refractivity contribution in [2.24, 2.45) is 0 Å². The average molecular weight is 433 g/mol. The normalized spacial score (nSPS) is 10.5. The molecule has 0 bridgehead atoms. The van der Waals surface area contributed by atoms with Gasteiger partial charge in [0, 0.05) is 23.4 Å². The Morgan fingerprint density at radius 2 is 1.97 bits per heavy atom. The molecule has 1 amide bonds. The number of nitro groups is 1. The maximum absolute atomic E-state index is 13.3. The van der Waals surface area contributed by atoms with Crippen molar-refractivity contribution in [3.8, 4) is 11.4 Å². The number of nitro benzene ring substituents is 1. The lowest BCUT2D eigenvalue weighted by molar-refractivity contribution is -0.384. The van der Waals surface area contributed by atoms with Crippen molar-refractivity contribution in [1.82, 2.24) is 14.8 Å². The minimum atomic E-state index is -0.589. The van der Waals surface area contributed by atoms with Gasteiger partial charge in [-0.1, -0.05) is 18.2 Å². The van der Waals surface area contributed by atoms with Crippen LogP contribution in [0, 0.1) is 15.9 Å². The predicted molar refractivity (Wildman–Crippen MR) is 113 cm³/mol.